The molecule has 0 unspecified atom stereocenters. The number of nitrogens with one attached hydrogen (secondary N) is 1. The zero-order valence-corrected chi connectivity index (χ0v) is 24.6. The molecule has 0 fully saturated rings. The van der Waals surface area contributed by atoms with Gasteiger partial charge in [-0.05, 0) is 83.5 Å². The fourth-order valence-electron chi connectivity index (χ4n) is 5.12. The molecule has 7 nitrogen and oxygen atoms in total. The zero-order valence-electron chi connectivity index (χ0n) is 24.6. The average molecular weight is 538 g/mol. The van der Waals surface area contributed by atoms with Gasteiger partial charge in [-0.25, -0.2) is 9.78 Å². The van der Waals surface area contributed by atoms with Gasteiger partial charge in [0, 0.05) is 35.8 Å². The topological polar surface area (TPSA) is 72.3 Å². The van der Waals surface area contributed by atoms with Gasteiger partial charge in [-0.3, -0.25) is 4.68 Å². The maximum atomic E-state index is 12.5. The minimum Gasteiger partial charge on any atom is -0.444 e. The fraction of sp³-hybridized carbons (Fsp3) is 0.364. The maximum absolute atomic E-state index is 12.5. The van der Waals surface area contributed by atoms with Crippen LogP contribution >= 0.6 is 0 Å². The number of amides is 1. The number of ether oxygens (including phenoxy) is 1. The van der Waals surface area contributed by atoms with Gasteiger partial charge in [0.1, 0.15) is 11.4 Å². The second kappa shape index (κ2) is 10.5. The number of pyridine rings is 1. The molecular weight excluding hydrogens is 498 g/mol. The van der Waals surface area contributed by atoms with Gasteiger partial charge in [0.05, 0.1) is 11.2 Å². The van der Waals surface area contributed by atoms with Crippen molar-refractivity contribution >= 4 is 34.1 Å². The van der Waals surface area contributed by atoms with Gasteiger partial charge in [0.25, 0.3) is 0 Å². The van der Waals surface area contributed by atoms with E-state index in [9.17, 15) is 4.79 Å². The molecule has 1 aliphatic rings. The van der Waals surface area contributed by atoms with Crippen LogP contribution in [0.5, 0.6) is 0 Å². The predicted octanol–water partition coefficient (Wildman–Crippen LogP) is 7.93. The fourth-order valence-corrected chi connectivity index (χ4v) is 5.12. The lowest BCUT2D eigenvalue weighted by atomic mass is 9.95. The number of nitrogens with zero attached hydrogens (tertiary/aromatic N) is 4. The molecule has 7 heteroatoms. The first kappa shape index (κ1) is 27.4. The number of carbonyl (C=O) groups excluding carboxylic acids is 1. The molecule has 1 N–H and O–H groups in total. The average Bonchev–Trinajstić information content (AvgIpc) is 3.28. The number of anilines is 2. The summed E-state index contributed by atoms with van der Waals surface area (Å²) in [7, 11) is 0. The lowest BCUT2D eigenvalue weighted by Crippen LogP contribution is -2.39. The van der Waals surface area contributed by atoms with E-state index >= 15 is 0 Å². The lowest BCUT2D eigenvalue weighted by molar-refractivity contribution is 0.0270. The Kier molecular flexibility index (Phi) is 7.17. The third-order valence-corrected chi connectivity index (χ3v) is 6.89. The monoisotopic (exact) mass is 537 g/mol. The Labute approximate surface area is 236 Å². The molecule has 208 valence electrons. The standard InChI is InChI=1S/C33H39N5O2/c1-22-19-29(36-38(22)32(2,3)4)34-28-21-25-11-8-9-14-27(25)30(35-28)26-13-10-12-24(20-26)23-15-17-37(18-16-23)31(39)40-33(5,6)7/h8-15,19-21H,16-18H2,1-7H3,(H,34,35,36). The van der Waals surface area contributed by atoms with Crippen molar-refractivity contribution in [2.75, 3.05) is 18.4 Å². The number of aromatic nitrogens is 3. The Morgan fingerprint density at radius 2 is 1.68 bits per heavy atom. The van der Waals surface area contributed by atoms with Crippen molar-refractivity contribution in [3.63, 3.8) is 0 Å². The molecule has 2 aromatic carbocycles. The van der Waals surface area contributed by atoms with E-state index in [1.54, 1.807) is 4.90 Å². The predicted molar refractivity (Wildman–Crippen MR) is 163 cm³/mol. The van der Waals surface area contributed by atoms with E-state index in [0.717, 1.165) is 51.3 Å². The summed E-state index contributed by atoms with van der Waals surface area (Å²) in [6, 6.07) is 21.0. The lowest BCUT2D eigenvalue weighted by Gasteiger charge is -2.29. The zero-order chi connectivity index (χ0) is 28.7. The highest BCUT2D eigenvalue weighted by molar-refractivity contribution is 5.97. The maximum Gasteiger partial charge on any atom is 0.410 e. The SMILES string of the molecule is Cc1cc(Nc2cc3ccccc3c(-c3cccc(C4=CCN(C(=O)OC(C)(C)C)CC4)c3)n2)nn1C(C)(C)C. The summed E-state index contributed by atoms with van der Waals surface area (Å²) in [6.45, 7) is 15.4. The van der Waals surface area contributed by atoms with Crippen LogP contribution in [0, 0.1) is 6.92 Å². The van der Waals surface area contributed by atoms with Crippen LogP contribution in [0.4, 0.5) is 16.4 Å². The van der Waals surface area contributed by atoms with Crippen molar-refractivity contribution < 1.29 is 9.53 Å². The third kappa shape index (κ3) is 6.03. The van der Waals surface area contributed by atoms with E-state index in [1.165, 1.54) is 5.57 Å². The van der Waals surface area contributed by atoms with Crippen LogP contribution in [-0.2, 0) is 10.3 Å². The second-order valence-corrected chi connectivity index (χ2v) is 12.4. The summed E-state index contributed by atoms with van der Waals surface area (Å²) in [4.78, 5) is 19.3. The summed E-state index contributed by atoms with van der Waals surface area (Å²) in [6.07, 6.45) is 2.64. The molecule has 2 aromatic heterocycles. The smallest absolute Gasteiger partial charge is 0.410 e. The first-order valence-corrected chi connectivity index (χ1v) is 13.9. The van der Waals surface area contributed by atoms with Crippen LogP contribution in [0.2, 0.25) is 0 Å². The number of carbonyl (C=O) groups is 1. The van der Waals surface area contributed by atoms with Crippen molar-refractivity contribution in [2.24, 2.45) is 0 Å². The van der Waals surface area contributed by atoms with Gasteiger partial charge in [0.15, 0.2) is 5.82 Å². The van der Waals surface area contributed by atoms with E-state index in [2.05, 4.69) is 87.6 Å². The molecule has 0 spiro atoms. The van der Waals surface area contributed by atoms with Gasteiger partial charge in [-0.1, -0.05) is 48.5 Å². The molecule has 0 aliphatic carbocycles. The molecule has 1 aliphatic heterocycles. The second-order valence-electron chi connectivity index (χ2n) is 12.4. The Balaban J connectivity index is 1.45. The van der Waals surface area contributed by atoms with Gasteiger partial charge < -0.3 is 15.0 Å². The number of aryl methyl sites for hydroxylation is 1. The van der Waals surface area contributed by atoms with Crippen LogP contribution < -0.4 is 5.32 Å². The molecule has 4 aromatic rings. The van der Waals surface area contributed by atoms with E-state index in [1.807, 2.05) is 37.6 Å². The van der Waals surface area contributed by atoms with Crippen molar-refractivity contribution in [1.29, 1.82) is 0 Å². The molecule has 0 saturated heterocycles. The van der Waals surface area contributed by atoms with Crippen molar-refractivity contribution in [1.82, 2.24) is 19.7 Å². The number of fused-ring (bicyclic) bond motifs is 1. The highest BCUT2D eigenvalue weighted by Crippen LogP contribution is 2.33. The van der Waals surface area contributed by atoms with Crippen LogP contribution in [0.1, 0.15) is 59.2 Å². The van der Waals surface area contributed by atoms with Gasteiger partial charge in [-0.2, -0.15) is 5.10 Å². The molecule has 5 rings (SSSR count). The number of hydrogen-bond acceptors (Lipinski definition) is 5. The van der Waals surface area contributed by atoms with Crippen molar-refractivity contribution in [3.8, 4) is 11.3 Å². The quantitative estimate of drug-likeness (QED) is 0.286. The largest absolute Gasteiger partial charge is 0.444 e. The summed E-state index contributed by atoms with van der Waals surface area (Å²) in [5, 5.41) is 10.4. The highest BCUT2D eigenvalue weighted by atomic mass is 16.6. The van der Waals surface area contributed by atoms with Gasteiger partial charge in [0.2, 0.25) is 0 Å². The summed E-state index contributed by atoms with van der Waals surface area (Å²) in [5.41, 5.74) is 4.82. The Hall–Kier alpha value is -4.13. The molecule has 0 atom stereocenters. The molecular formula is C33H39N5O2. The molecule has 1 amide bonds. The molecule has 0 radical (unpaired) electrons. The van der Waals surface area contributed by atoms with E-state index < -0.39 is 5.60 Å². The van der Waals surface area contributed by atoms with Crippen LogP contribution in [0.25, 0.3) is 27.6 Å². The summed E-state index contributed by atoms with van der Waals surface area (Å²) < 4.78 is 7.58. The Morgan fingerprint density at radius 1 is 0.925 bits per heavy atom. The van der Waals surface area contributed by atoms with Crippen LogP contribution in [-0.4, -0.2) is 44.4 Å². The first-order valence-electron chi connectivity index (χ1n) is 13.9. The number of rotatable bonds is 4. The molecule has 0 bridgehead atoms. The minimum absolute atomic E-state index is 0.107. The Bertz CT molecular complexity index is 1590. The number of benzene rings is 2. The molecule has 0 saturated carbocycles. The number of hydrogen-bond donors (Lipinski definition) is 1. The van der Waals surface area contributed by atoms with Crippen molar-refractivity contribution in [2.45, 2.75) is 66.0 Å². The minimum atomic E-state index is -0.500. The summed E-state index contributed by atoms with van der Waals surface area (Å²) in [5.74, 6) is 1.53. The van der Waals surface area contributed by atoms with E-state index in [0.29, 0.717) is 13.1 Å². The van der Waals surface area contributed by atoms with Crippen molar-refractivity contribution in [3.05, 3.63) is 78.0 Å². The van der Waals surface area contributed by atoms with Crippen LogP contribution in [0.3, 0.4) is 0 Å². The Morgan fingerprint density at radius 3 is 2.35 bits per heavy atom. The van der Waals surface area contributed by atoms with E-state index in [-0.39, 0.29) is 11.6 Å². The van der Waals surface area contributed by atoms with Crippen LogP contribution in [0.15, 0.2) is 66.7 Å². The van der Waals surface area contributed by atoms with Gasteiger partial charge in [-0.15, -0.1) is 0 Å². The third-order valence-electron chi connectivity index (χ3n) is 6.89. The molecule has 3 heterocycles. The first-order chi connectivity index (χ1) is 18.9. The van der Waals surface area contributed by atoms with E-state index in [4.69, 9.17) is 14.8 Å². The van der Waals surface area contributed by atoms with Gasteiger partial charge >= 0.3 is 6.09 Å². The molecule has 40 heavy (non-hydrogen) atoms. The highest BCUT2D eigenvalue weighted by Gasteiger charge is 2.24. The normalized spacial score (nSPS) is 14.3. The summed E-state index contributed by atoms with van der Waals surface area (Å²) >= 11 is 0.